The van der Waals surface area contributed by atoms with Crippen LogP contribution in [-0.4, -0.2) is 8.42 Å². The zero-order valence-electron chi connectivity index (χ0n) is 15.9. The summed E-state index contributed by atoms with van der Waals surface area (Å²) in [5.74, 6) is 0. The highest BCUT2D eigenvalue weighted by atomic mass is 35.5. The molecule has 4 aromatic rings. The van der Waals surface area contributed by atoms with Crippen LogP contribution in [0.5, 0.6) is 0 Å². The Labute approximate surface area is 174 Å². The zero-order valence-corrected chi connectivity index (χ0v) is 17.5. The molecule has 0 atom stereocenters. The Morgan fingerprint density at radius 2 is 1.62 bits per heavy atom. The van der Waals surface area contributed by atoms with Gasteiger partial charge in [-0.25, -0.2) is 13.4 Å². The summed E-state index contributed by atoms with van der Waals surface area (Å²) in [5.41, 5.74) is 2.97. The van der Waals surface area contributed by atoms with E-state index in [0.29, 0.717) is 21.7 Å². The lowest BCUT2D eigenvalue weighted by Crippen LogP contribution is -2.15. The lowest BCUT2D eigenvalue weighted by Gasteiger charge is -2.07. The molecule has 0 amide bonds. The highest BCUT2D eigenvalue weighted by Crippen LogP contribution is 2.25. The summed E-state index contributed by atoms with van der Waals surface area (Å²) < 4.78 is 32.7. The van der Waals surface area contributed by atoms with Crippen LogP contribution in [0, 0.1) is 13.8 Å². The molecule has 0 N–H and O–H groups in total. The van der Waals surface area contributed by atoms with Crippen LogP contribution in [0.25, 0.3) is 11.0 Å². The first-order valence-electron chi connectivity index (χ1n) is 9.00. The van der Waals surface area contributed by atoms with E-state index in [1.807, 2.05) is 32.0 Å². The number of benzene rings is 3. The maximum atomic E-state index is 13.4. The van der Waals surface area contributed by atoms with Crippen LogP contribution in [0.1, 0.15) is 11.1 Å². The van der Waals surface area contributed by atoms with E-state index < -0.39 is 9.84 Å². The number of para-hydroxylation sites is 1. The molecule has 3 aromatic carbocycles. The average Bonchev–Trinajstić information content (AvgIpc) is 2.70. The van der Waals surface area contributed by atoms with E-state index in [1.54, 1.807) is 54.6 Å². The summed E-state index contributed by atoms with van der Waals surface area (Å²) in [6.45, 7) is 3.80. The van der Waals surface area contributed by atoms with Gasteiger partial charge in [-0.2, -0.15) is 0 Å². The third-order valence-corrected chi connectivity index (χ3v) is 6.80. The van der Waals surface area contributed by atoms with Crippen molar-refractivity contribution in [2.24, 2.45) is 4.99 Å². The third-order valence-electron chi connectivity index (χ3n) is 4.63. The van der Waals surface area contributed by atoms with Crippen molar-refractivity contribution in [3.63, 3.8) is 0 Å². The first-order chi connectivity index (χ1) is 13.8. The fourth-order valence-electron chi connectivity index (χ4n) is 2.93. The molecule has 4 rings (SSSR count). The minimum atomic E-state index is -3.84. The van der Waals surface area contributed by atoms with Gasteiger partial charge < -0.3 is 4.42 Å². The second-order valence-electron chi connectivity index (χ2n) is 6.82. The fourth-order valence-corrected chi connectivity index (χ4v) is 4.46. The van der Waals surface area contributed by atoms with Crippen molar-refractivity contribution in [1.82, 2.24) is 0 Å². The molecule has 0 saturated carbocycles. The first-order valence-corrected chi connectivity index (χ1v) is 10.9. The van der Waals surface area contributed by atoms with Crippen molar-refractivity contribution >= 4 is 38.1 Å². The molecule has 0 aliphatic heterocycles. The predicted molar refractivity (Wildman–Crippen MR) is 114 cm³/mol. The lowest BCUT2D eigenvalue weighted by molar-refractivity contribution is 0.517. The molecule has 1 heterocycles. The SMILES string of the molecule is Cc1ccc(S(=O)(=O)c2cc3ccccc3oc2=Nc2ccc(C)c(Cl)c2)cc1. The summed E-state index contributed by atoms with van der Waals surface area (Å²) in [6, 6.07) is 20.8. The molecule has 0 bridgehead atoms. The molecule has 29 heavy (non-hydrogen) atoms. The Hall–Kier alpha value is -2.89. The molecular weight excluding hydrogens is 406 g/mol. The Balaban J connectivity index is 2.01. The standard InChI is InChI=1S/C23H18ClNO3S/c1-15-7-11-19(12-8-15)29(26,27)22-13-17-5-3-4-6-21(17)28-23(22)25-18-10-9-16(2)20(24)14-18/h3-14H,1-2H3. The highest BCUT2D eigenvalue weighted by Gasteiger charge is 2.22. The summed E-state index contributed by atoms with van der Waals surface area (Å²) in [6.07, 6.45) is 0. The molecule has 146 valence electrons. The summed E-state index contributed by atoms with van der Waals surface area (Å²) >= 11 is 6.21. The third kappa shape index (κ3) is 3.84. The van der Waals surface area contributed by atoms with Gasteiger partial charge >= 0.3 is 0 Å². The highest BCUT2D eigenvalue weighted by molar-refractivity contribution is 7.91. The van der Waals surface area contributed by atoms with Crippen LogP contribution in [0.2, 0.25) is 5.02 Å². The van der Waals surface area contributed by atoms with E-state index in [4.69, 9.17) is 16.0 Å². The van der Waals surface area contributed by atoms with Crippen LogP contribution < -0.4 is 5.55 Å². The molecule has 0 spiro atoms. The molecule has 0 aliphatic carbocycles. The molecule has 0 aliphatic rings. The van der Waals surface area contributed by atoms with Crippen molar-refractivity contribution in [3.05, 3.63) is 94.5 Å². The topological polar surface area (TPSA) is 59.6 Å². The van der Waals surface area contributed by atoms with E-state index in [9.17, 15) is 8.42 Å². The predicted octanol–water partition coefficient (Wildman–Crippen LogP) is 5.77. The Kier molecular flexibility index (Phi) is 5.03. The summed E-state index contributed by atoms with van der Waals surface area (Å²) in [7, 11) is -3.84. The van der Waals surface area contributed by atoms with Gasteiger partial charge in [0.05, 0.1) is 10.6 Å². The fraction of sp³-hybridized carbons (Fsp3) is 0.0870. The van der Waals surface area contributed by atoms with Crippen molar-refractivity contribution in [1.29, 1.82) is 0 Å². The minimum Gasteiger partial charge on any atom is -0.437 e. The van der Waals surface area contributed by atoms with E-state index in [0.717, 1.165) is 11.1 Å². The molecule has 0 fully saturated rings. The molecule has 0 radical (unpaired) electrons. The molecule has 0 unspecified atom stereocenters. The Morgan fingerprint density at radius 3 is 2.34 bits per heavy atom. The number of aryl methyl sites for hydroxylation is 2. The number of hydrogen-bond donors (Lipinski definition) is 0. The van der Waals surface area contributed by atoms with Gasteiger partial charge in [-0.15, -0.1) is 0 Å². The number of halogens is 1. The van der Waals surface area contributed by atoms with Crippen molar-refractivity contribution in [3.8, 4) is 0 Å². The van der Waals surface area contributed by atoms with Gasteiger partial charge in [0.15, 0.2) is 0 Å². The van der Waals surface area contributed by atoms with Gasteiger partial charge in [0.2, 0.25) is 15.4 Å². The largest absolute Gasteiger partial charge is 0.437 e. The number of sulfone groups is 1. The van der Waals surface area contributed by atoms with Crippen molar-refractivity contribution in [2.75, 3.05) is 0 Å². The van der Waals surface area contributed by atoms with E-state index >= 15 is 0 Å². The van der Waals surface area contributed by atoms with Crippen molar-refractivity contribution < 1.29 is 12.8 Å². The number of hydrogen-bond acceptors (Lipinski definition) is 4. The second-order valence-corrected chi connectivity index (χ2v) is 9.14. The van der Waals surface area contributed by atoms with Crippen molar-refractivity contribution in [2.45, 2.75) is 23.6 Å². The normalized spacial score (nSPS) is 12.4. The number of fused-ring (bicyclic) bond motifs is 1. The van der Waals surface area contributed by atoms with E-state index in [-0.39, 0.29) is 15.3 Å². The van der Waals surface area contributed by atoms with Gasteiger partial charge in [0.25, 0.3) is 0 Å². The van der Waals surface area contributed by atoms with Gasteiger partial charge in [-0.05, 0) is 55.8 Å². The molecule has 1 aromatic heterocycles. The second kappa shape index (κ2) is 7.50. The van der Waals surface area contributed by atoms with Crippen LogP contribution in [0.3, 0.4) is 0 Å². The minimum absolute atomic E-state index is 0.0109. The molecule has 0 saturated heterocycles. The van der Waals surface area contributed by atoms with Crippen LogP contribution >= 0.6 is 11.6 Å². The van der Waals surface area contributed by atoms with Gasteiger partial charge in [-0.3, -0.25) is 0 Å². The quantitative estimate of drug-likeness (QED) is 0.420. The molecule has 6 heteroatoms. The number of nitrogens with zero attached hydrogens (tertiary/aromatic N) is 1. The lowest BCUT2D eigenvalue weighted by atomic mass is 10.2. The summed E-state index contributed by atoms with van der Waals surface area (Å²) in [5, 5.41) is 1.23. The van der Waals surface area contributed by atoms with Gasteiger partial charge in [-0.1, -0.05) is 53.6 Å². The monoisotopic (exact) mass is 423 g/mol. The van der Waals surface area contributed by atoms with Gasteiger partial charge in [0, 0.05) is 10.4 Å². The van der Waals surface area contributed by atoms with Crippen LogP contribution in [0.4, 0.5) is 5.69 Å². The Morgan fingerprint density at radius 1 is 0.897 bits per heavy atom. The van der Waals surface area contributed by atoms with E-state index in [1.165, 1.54) is 0 Å². The smallest absolute Gasteiger partial charge is 0.239 e. The number of rotatable bonds is 3. The van der Waals surface area contributed by atoms with Crippen LogP contribution in [-0.2, 0) is 9.84 Å². The first kappa shape index (κ1) is 19.4. The van der Waals surface area contributed by atoms with Crippen LogP contribution in [0.15, 0.2) is 92.0 Å². The van der Waals surface area contributed by atoms with E-state index in [2.05, 4.69) is 4.99 Å². The Bertz CT molecular complexity index is 1390. The molecule has 4 nitrogen and oxygen atoms in total. The maximum absolute atomic E-state index is 13.4. The zero-order chi connectivity index (χ0) is 20.6. The maximum Gasteiger partial charge on any atom is 0.239 e. The average molecular weight is 424 g/mol. The summed E-state index contributed by atoms with van der Waals surface area (Å²) in [4.78, 5) is 4.67. The molecular formula is C23H18ClNO3S. The van der Waals surface area contributed by atoms with Gasteiger partial charge in [0.1, 0.15) is 10.5 Å².